The molecule has 0 aromatic carbocycles. The Bertz CT molecular complexity index is 254. The van der Waals surface area contributed by atoms with Crippen molar-refractivity contribution in [2.24, 2.45) is 11.8 Å². The van der Waals surface area contributed by atoms with Crippen molar-refractivity contribution in [3.8, 4) is 12.3 Å². The highest BCUT2D eigenvalue weighted by molar-refractivity contribution is 4.92. The molecule has 1 rings (SSSR count). The van der Waals surface area contributed by atoms with Crippen LogP contribution in [-0.4, -0.2) is 36.6 Å². The molecule has 0 saturated carbocycles. The highest BCUT2D eigenvalue weighted by Gasteiger charge is 2.31. The van der Waals surface area contributed by atoms with E-state index in [9.17, 15) is 0 Å². The van der Waals surface area contributed by atoms with E-state index in [-0.39, 0.29) is 0 Å². The largest absolute Gasteiger partial charge is 0.311 e. The van der Waals surface area contributed by atoms with Gasteiger partial charge in [-0.15, -0.1) is 12.3 Å². The first-order chi connectivity index (χ1) is 8.10. The van der Waals surface area contributed by atoms with Gasteiger partial charge in [0.15, 0.2) is 0 Å². The molecule has 1 aliphatic rings. The number of hydrogen-bond acceptors (Lipinski definition) is 2. The van der Waals surface area contributed by atoms with Crippen molar-refractivity contribution in [2.45, 2.75) is 52.6 Å². The van der Waals surface area contributed by atoms with Crippen LogP contribution in [0.25, 0.3) is 0 Å². The molecule has 1 N–H and O–H groups in total. The number of rotatable bonds is 5. The first kappa shape index (κ1) is 14.5. The van der Waals surface area contributed by atoms with Crippen LogP contribution in [0.4, 0.5) is 0 Å². The number of nitrogens with one attached hydrogen (secondary N) is 1. The van der Waals surface area contributed by atoms with Gasteiger partial charge in [-0.2, -0.15) is 0 Å². The Kier molecular flexibility index (Phi) is 6.02. The third-order valence-electron chi connectivity index (χ3n) is 4.13. The Morgan fingerprint density at radius 1 is 1.41 bits per heavy atom. The molecule has 1 fully saturated rings. The minimum Gasteiger partial charge on any atom is -0.311 e. The van der Waals surface area contributed by atoms with Crippen LogP contribution in [0.2, 0.25) is 0 Å². The zero-order valence-corrected chi connectivity index (χ0v) is 11.9. The van der Waals surface area contributed by atoms with Gasteiger partial charge >= 0.3 is 0 Å². The standard InChI is InChI=1S/C15H28N2/c1-6-8-9-17-11-14(13(5)7-2)16-10-15(17)12(3)4/h1,12-16H,7-11H2,2-5H3. The third kappa shape index (κ3) is 4.01. The van der Waals surface area contributed by atoms with Gasteiger partial charge < -0.3 is 5.32 Å². The SMILES string of the molecule is C#CCCN1CC(C(C)CC)NCC1C(C)C. The van der Waals surface area contributed by atoms with Gasteiger partial charge in [-0.05, 0) is 11.8 Å². The Hall–Kier alpha value is -0.520. The average Bonchev–Trinajstić information content (AvgIpc) is 2.34. The van der Waals surface area contributed by atoms with Gasteiger partial charge in [0.2, 0.25) is 0 Å². The molecule has 0 spiro atoms. The molecule has 2 nitrogen and oxygen atoms in total. The Morgan fingerprint density at radius 2 is 2.12 bits per heavy atom. The molecular weight excluding hydrogens is 208 g/mol. The fourth-order valence-electron chi connectivity index (χ4n) is 2.64. The second-order valence-electron chi connectivity index (χ2n) is 5.66. The highest BCUT2D eigenvalue weighted by atomic mass is 15.2. The van der Waals surface area contributed by atoms with E-state index in [0.29, 0.717) is 18.0 Å². The van der Waals surface area contributed by atoms with Gasteiger partial charge in [0.05, 0.1) is 0 Å². The summed E-state index contributed by atoms with van der Waals surface area (Å²) in [6.07, 6.45) is 7.51. The Morgan fingerprint density at radius 3 is 2.65 bits per heavy atom. The van der Waals surface area contributed by atoms with Crippen LogP contribution in [-0.2, 0) is 0 Å². The van der Waals surface area contributed by atoms with Crippen LogP contribution >= 0.6 is 0 Å². The summed E-state index contributed by atoms with van der Waals surface area (Å²) in [5.74, 6) is 4.21. The number of piperazine rings is 1. The average molecular weight is 236 g/mol. The fraction of sp³-hybridized carbons (Fsp3) is 0.867. The number of terminal acetylenes is 1. The summed E-state index contributed by atoms with van der Waals surface area (Å²) in [6.45, 7) is 12.5. The lowest BCUT2D eigenvalue weighted by molar-refractivity contribution is 0.0842. The quantitative estimate of drug-likeness (QED) is 0.737. The van der Waals surface area contributed by atoms with Crippen molar-refractivity contribution in [3.63, 3.8) is 0 Å². The van der Waals surface area contributed by atoms with Gasteiger partial charge in [0.1, 0.15) is 0 Å². The van der Waals surface area contributed by atoms with Crippen LogP contribution in [0.1, 0.15) is 40.5 Å². The van der Waals surface area contributed by atoms with E-state index >= 15 is 0 Å². The van der Waals surface area contributed by atoms with Crippen LogP contribution in [0.5, 0.6) is 0 Å². The normalized spacial score (nSPS) is 28.0. The molecule has 3 atom stereocenters. The van der Waals surface area contributed by atoms with Crippen LogP contribution in [0.3, 0.4) is 0 Å². The second kappa shape index (κ2) is 7.03. The van der Waals surface area contributed by atoms with E-state index in [1.54, 1.807) is 0 Å². The molecule has 1 aliphatic heterocycles. The summed E-state index contributed by atoms with van der Waals surface area (Å²) in [7, 11) is 0. The maximum atomic E-state index is 5.40. The molecule has 1 heterocycles. The lowest BCUT2D eigenvalue weighted by atomic mass is 9.92. The number of hydrogen-bond donors (Lipinski definition) is 1. The molecule has 0 aromatic heterocycles. The molecule has 1 saturated heterocycles. The van der Waals surface area contributed by atoms with Crippen molar-refractivity contribution in [1.29, 1.82) is 0 Å². The maximum absolute atomic E-state index is 5.40. The van der Waals surface area contributed by atoms with Gasteiger partial charge in [0, 0.05) is 38.1 Å². The molecule has 0 radical (unpaired) electrons. The first-order valence-electron chi connectivity index (χ1n) is 7.01. The monoisotopic (exact) mass is 236 g/mol. The maximum Gasteiger partial charge on any atom is 0.0244 e. The van der Waals surface area contributed by atoms with Gasteiger partial charge in [-0.3, -0.25) is 4.90 Å². The molecule has 17 heavy (non-hydrogen) atoms. The van der Waals surface area contributed by atoms with Gasteiger partial charge in [0.25, 0.3) is 0 Å². The lowest BCUT2D eigenvalue weighted by Gasteiger charge is -2.44. The summed E-state index contributed by atoms with van der Waals surface area (Å²) in [5.41, 5.74) is 0. The predicted octanol–water partition coefficient (Wildman–Crippen LogP) is 2.35. The predicted molar refractivity (Wildman–Crippen MR) is 74.9 cm³/mol. The smallest absolute Gasteiger partial charge is 0.0244 e. The summed E-state index contributed by atoms with van der Waals surface area (Å²) in [4.78, 5) is 2.60. The van der Waals surface area contributed by atoms with E-state index in [2.05, 4.69) is 43.8 Å². The highest BCUT2D eigenvalue weighted by Crippen LogP contribution is 2.19. The van der Waals surface area contributed by atoms with Crippen molar-refractivity contribution < 1.29 is 0 Å². The molecule has 2 heteroatoms. The Labute approximate surface area is 107 Å². The summed E-state index contributed by atoms with van der Waals surface area (Å²) in [6, 6.07) is 1.27. The zero-order valence-electron chi connectivity index (χ0n) is 11.9. The topological polar surface area (TPSA) is 15.3 Å². The molecule has 3 unspecified atom stereocenters. The molecule has 0 amide bonds. The van der Waals surface area contributed by atoms with Crippen LogP contribution in [0.15, 0.2) is 0 Å². The summed E-state index contributed by atoms with van der Waals surface area (Å²) < 4.78 is 0. The van der Waals surface area contributed by atoms with Gasteiger partial charge in [-0.1, -0.05) is 34.1 Å². The molecule has 98 valence electrons. The summed E-state index contributed by atoms with van der Waals surface area (Å²) >= 11 is 0. The van der Waals surface area contributed by atoms with E-state index in [0.717, 1.165) is 32.0 Å². The van der Waals surface area contributed by atoms with Crippen LogP contribution < -0.4 is 5.32 Å². The molecule has 0 bridgehead atoms. The molecule has 0 aromatic rings. The third-order valence-corrected chi connectivity index (χ3v) is 4.13. The van der Waals surface area contributed by atoms with Crippen LogP contribution in [0, 0.1) is 24.2 Å². The van der Waals surface area contributed by atoms with E-state index in [4.69, 9.17) is 6.42 Å². The minimum absolute atomic E-state index is 0.632. The Balaban J connectivity index is 2.60. The zero-order chi connectivity index (χ0) is 12.8. The van der Waals surface area contributed by atoms with Crippen molar-refractivity contribution in [3.05, 3.63) is 0 Å². The van der Waals surface area contributed by atoms with E-state index in [1.807, 2.05) is 0 Å². The van der Waals surface area contributed by atoms with Crippen molar-refractivity contribution in [1.82, 2.24) is 10.2 Å². The van der Waals surface area contributed by atoms with E-state index < -0.39 is 0 Å². The number of nitrogens with zero attached hydrogens (tertiary/aromatic N) is 1. The van der Waals surface area contributed by atoms with E-state index in [1.165, 1.54) is 6.42 Å². The lowest BCUT2D eigenvalue weighted by Crippen LogP contribution is -2.59. The van der Waals surface area contributed by atoms with Crippen molar-refractivity contribution >= 4 is 0 Å². The van der Waals surface area contributed by atoms with Crippen molar-refractivity contribution in [2.75, 3.05) is 19.6 Å². The minimum atomic E-state index is 0.632. The van der Waals surface area contributed by atoms with Gasteiger partial charge in [-0.25, -0.2) is 0 Å². The first-order valence-corrected chi connectivity index (χ1v) is 7.01. The molecular formula is C15H28N2. The summed E-state index contributed by atoms with van der Waals surface area (Å²) in [5, 5.41) is 3.71. The molecule has 0 aliphatic carbocycles. The fourth-order valence-corrected chi connectivity index (χ4v) is 2.64. The second-order valence-corrected chi connectivity index (χ2v) is 5.66.